The Bertz CT molecular complexity index is 369. The number of carbonyl (C=O) groups is 1. The molecule has 0 aromatic carbocycles. The molecule has 0 bridgehead atoms. The number of amides is 1. The van der Waals surface area contributed by atoms with Gasteiger partial charge in [-0.1, -0.05) is 0 Å². The fraction of sp³-hybridized carbons (Fsp3) is 0.615. The van der Waals surface area contributed by atoms with Gasteiger partial charge in [0.05, 0.1) is 5.41 Å². The highest BCUT2D eigenvalue weighted by Crippen LogP contribution is 2.28. The largest absolute Gasteiger partial charge is 0.341 e. The van der Waals surface area contributed by atoms with Crippen molar-refractivity contribution < 1.29 is 4.79 Å². The molecule has 1 unspecified atom stereocenters. The zero-order valence-electron chi connectivity index (χ0n) is 10.5. The summed E-state index contributed by atoms with van der Waals surface area (Å²) in [6, 6.07) is 2.08. The molecule has 3 nitrogen and oxygen atoms in total. The normalized spacial score (nSPS) is 24.6. The lowest BCUT2D eigenvalue weighted by Gasteiger charge is -2.36. The Hall–Kier alpha value is -0.870. The zero-order valence-corrected chi connectivity index (χ0v) is 11.3. The van der Waals surface area contributed by atoms with Gasteiger partial charge in [0.1, 0.15) is 0 Å². The summed E-state index contributed by atoms with van der Waals surface area (Å²) in [6.45, 7) is 4.64. The molecule has 4 heteroatoms. The van der Waals surface area contributed by atoms with E-state index >= 15 is 0 Å². The number of rotatable bonds is 3. The lowest BCUT2D eigenvalue weighted by Crippen LogP contribution is -2.48. The number of piperidine rings is 1. The van der Waals surface area contributed by atoms with Gasteiger partial charge in [-0.3, -0.25) is 4.79 Å². The molecule has 1 aromatic heterocycles. The Morgan fingerprint density at radius 1 is 1.65 bits per heavy atom. The first kappa shape index (κ1) is 12.6. The van der Waals surface area contributed by atoms with E-state index < -0.39 is 0 Å². The van der Waals surface area contributed by atoms with Gasteiger partial charge in [0.2, 0.25) is 5.91 Å². The van der Waals surface area contributed by atoms with Crippen molar-refractivity contribution in [2.24, 2.45) is 5.41 Å². The average Bonchev–Trinajstić information content (AvgIpc) is 2.81. The van der Waals surface area contributed by atoms with Crippen molar-refractivity contribution in [1.29, 1.82) is 0 Å². The van der Waals surface area contributed by atoms with Crippen LogP contribution in [0.3, 0.4) is 0 Å². The Balaban J connectivity index is 1.98. The predicted octanol–water partition coefficient (Wildman–Crippen LogP) is 2.10. The third-order valence-corrected chi connectivity index (χ3v) is 4.19. The number of nitrogens with one attached hydrogen (secondary N) is 1. The first-order valence-electron chi connectivity index (χ1n) is 6.09. The van der Waals surface area contributed by atoms with E-state index in [0.29, 0.717) is 0 Å². The summed E-state index contributed by atoms with van der Waals surface area (Å²) in [6.07, 6.45) is 2.08. The second kappa shape index (κ2) is 5.19. The van der Waals surface area contributed by atoms with E-state index in [9.17, 15) is 4.79 Å². The quantitative estimate of drug-likeness (QED) is 0.893. The van der Waals surface area contributed by atoms with Crippen LogP contribution >= 0.6 is 11.3 Å². The molecule has 0 radical (unpaired) electrons. The number of nitrogens with zero attached hydrogens (tertiary/aromatic N) is 1. The summed E-state index contributed by atoms with van der Waals surface area (Å²) in [4.78, 5) is 14.3. The molecule has 1 aliphatic heterocycles. The van der Waals surface area contributed by atoms with Crippen LogP contribution in [0.25, 0.3) is 0 Å². The molecule has 94 valence electrons. The first-order valence-corrected chi connectivity index (χ1v) is 7.03. The summed E-state index contributed by atoms with van der Waals surface area (Å²) in [5.74, 6) is 0.260. The molecule has 2 rings (SSSR count). The van der Waals surface area contributed by atoms with Crippen molar-refractivity contribution in [3.8, 4) is 0 Å². The smallest absolute Gasteiger partial charge is 0.229 e. The van der Waals surface area contributed by atoms with Crippen molar-refractivity contribution in [1.82, 2.24) is 10.2 Å². The average molecular weight is 252 g/mol. The molecular formula is C13H20N2OS. The molecule has 0 aliphatic carbocycles. The van der Waals surface area contributed by atoms with Crippen LogP contribution in [-0.4, -0.2) is 30.9 Å². The third kappa shape index (κ3) is 2.87. The number of carbonyl (C=O) groups excluding carboxylic acids is 1. The van der Waals surface area contributed by atoms with Crippen LogP contribution in [0, 0.1) is 5.41 Å². The van der Waals surface area contributed by atoms with Gasteiger partial charge in [-0.15, -0.1) is 0 Å². The predicted molar refractivity (Wildman–Crippen MR) is 71.0 cm³/mol. The van der Waals surface area contributed by atoms with Crippen molar-refractivity contribution in [2.75, 3.05) is 20.1 Å². The minimum atomic E-state index is -0.219. The molecule has 1 fully saturated rings. The second-order valence-electron chi connectivity index (χ2n) is 5.13. The molecular weight excluding hydrogens is 232 g/mol. The summed E-state index contributed by atoms with van der Waals surface area (Å²) >= 11 is 1.68. The highest BCUT2D eigenvalue weighted by molar-refractivity contribution is 7.07. The molecule has 1 amide bonds. The molecule has 1 aromatic rings. The lowest BCUT2D eigenvalue weighted by atomic mass is 9.81. The van der Waals surface area contributed by atoms with Gasteiger partial charge in [-0.05, 0) is 48.7 Å². The summed E-state index contributed by atoms with van der Waals surface area (Å²) in [5, 5.41) is 7.48. The van der Waals surface area contributed by atoms with E-state index in [1.165, 1.54) is 5.56 Å². The highest BCUT2D eigenvalue weighted by atomic mass is 32.1. The summed E-state index contributed by atoms with van der Waals surface area (Å²) in [7, 11) is 1.90. The van der Waals surface area contributed by atoms with Gasteiger partial charge in [0.25, 0.3) is 0 Å². The number of hydrogen-bond acceptors (Lipinski definition) is 3. The van der Waals surface area contributed by atoms with Gasteiger partial charge < -0.3 is 10.2 Å². The Kier molecular flexibility index (Phi) is 3.84. The molecule has 1 saturated heterocycles. The maximum atomic E-state index is 12.4. The molecule has 1 aliphatic rings. The van der Waals surface area contributed by atoms with Crippen LogP contribution in [-0.2, 0) is 11.3 Å². The number of thiophene rings is 1. The van der Waals surface area contributed by atoms with E-state index in [0.717, 1.165) is 32.5 Å². The van der Waals surface area contributed by atoms with Gasteiger partial charge >= 0.3 is 0 Å². The Morgan fingerprint density at radius 3 is 3.06 bits per heavy atom. The SMILES string of the molecule is CN(Cc1ccsc1)C(=O)C1(C)CCCNC1. The van der Waals surface area contributed by atoms with Crippen LogP contribution in [0.2, 0.25) is 0 Å². The van der Waals surface area contributed by atoms with Gasteiger partial charge in [-0.2, -0.15) is 11.3 Å². The highest BCUT2D eigenvalue weighted by Gasteiger charge is 2.36. The van der Waals surface area contributed by atoms with E-state index in [1.54, 1.807) is 11.3 Å². The molecule has 17 heavy (non-hydrogen) atoms. The molecule has 0 saturated carbocycles. The number of hydrogen-bond donors (Lipinski definition) is 1. The van der Waals surface area contributed by atoms with E-state index in [4.69, 9.17) is 0 Å². The lowest BCUT2D eigenvalue weighted by molar-refractivity contribution is -0.141. The van der Waals surface area contributed by atoms with Crippen molar-refractivity contribution in [2.45, 2.75) is 26.3 Å². The van der Waals surface area contributed by atoms with Gasteiger partial charge in [0.15, 0.2) is 0 Å². The van der Waals surface area contributed by atoms with Crippen molar-refractivity contribution in [3.05, 3.63) is 22.4 Å². The molecule has 2 heterocycles. The summed E-state index contributed by atoms with van der Waals surface area (Å²) < 4.78 is 0. The monoisotopic (exact) mass is 252 g/mol. The zero-order chi connectivity index (χ0) is 12.3. The van der Waals surface area contributed by atoms with E-state index in [1.807, 2.05) is 11.9 Å². The van der Waals surface area contributed by atoms with Crippen LogP contribution in [0.1, 0.15) is 25.3 Å². The van der Waals surface area contributed by atoms with Crippen LogP contribution in [0.15, 0.2) is 16.8 Å². The van der Waals surface area contributed by atoms with E-state index in [2.05, 4.69) is 29.1 Å². The van der Waals surface area contributed by atoms with E-state index in [-0.39, 0.29) is 11.3 Å². The topological polar surface area (TPSA) is 32.3 Å². The maximum Gasteiger partial charge on any atom is 0.229 e. The Morgan fingerprint density at radius 2 is 2.47 bits per heavy atom. The molecule has 1 N–H and O–H groups in total. The fourth-order valence-corrected chi connectivity index (χ4v) is 3.09. The maximum absolute atomic E-state index is 12.4. The van der Waals surface area contributed by atoms with Crippen LogP contribution in [0.5, 0.6) is 0 Å². The van der Waals surface area contributed by atoms with Crippen molar-refractivity contribution in [3.63, 3.8) is 0 Å². The molecule has 0 spiro atoms. The van der Waals surface area contributed by atoms with Gasteiger partial charge in [0, 0.05) is 20.1 Å². The van der Waals surface area contributed by atoms with Gasteiger partial charge in [-0.25, -0.2) is 0 Å². The third-order valence-electron chi connectivity index (χ3n) is 3.46. The minimum Gasteiger partial charge on any atom is -0.341 e. The second-order valence-corrected chi connectivity index (χ2v) is 5.91. The summed E-state index contributed by atoms with van der Waals surface area (Å²) in [5.41, 5.74) is 1.00. The van der Waals surface area contributed by atoms with Crippen molar-refractivity contribution >= 4 is 17.2 Å². The minimum absolute atomic E-state index is 0.219. The first-order chi connectivity index (χ1) is 8.12. The standard InChI is InChI=1S/C13H20N2OS/c1-13(5-3-6-14-10-13)12(16)15(2)8-11-4-7-17-9-11/h4,7,9,14H,3,5-6,8,10H2,1-2H3. The molecule has 1 atom stereocenters. The van der Waals surface area contributed by atoms with Crippen LogP contribution < -0.4 is 5.32 Å². The fourth-order valence-electron chi connectivity index (χ4n) is 2.43. The van der Waals surface area contributed by atoms with Crippen LogP contribution in [0.4, 0.5) is 0 Å². The Labute approximate surface area is 107 Å².